The van der Waals surface area contributed by atoms with Crippen molar-refractivity contribution in [3.8, 4) is 0 Å². The number of rotatable bonds is 45. The summed E-state index contributed by atoms with van der Waals surface area (Å²) in [6.45, 7) is 12.6. The Morgan fingerprint density at radius 1 is 0.500 bits per heavy atom. The number of unbranched alkanes of at least 4 members (excludes halogenated alkanes) is 25. The summed E-state index contributed by atoms with van der Waals surface area (Å²) < 4.78 is 12.4. The van der Waals surface area contributed by atoms with Crippen LogP contribution in [0.1, 0.15) is 291 Å². The molecule has 0 heterocycles. The molecule has 0 aliphatic heterocycles. The number of allylic oxidation sites excluding steroid dienone is 4. The van der Waals surface area contributed by atoms with Crippen LogP contribution in [0.4, 0.5) is 0 Å². The molecule has 4 heteroatoms. The molecule has 0 saturated heterocycles. The minimum absolute atomic E-state index is 0.286. The molecule has 2 aliphatic carbocycles. The zero-order valence-electron chi connectivity index (χ0n) is 41.8. The van der Waals surface area contributed by atoms with E-state index in [9.17, 15) is 5.11 Å². The second-order valence-electron chi connectivity index (χ2n) is 19.3. The van der Waals surface area contributed by atoms with Crippen molar-refractivity contribution in [2.45, 2.75) is 303 Å². The van der Waals surface area contributed by atoms with E-state index in [4.69, 9.17) is 9.47 Å². The van der Waals surface area contributed by atoms with Crippen LogP contribution in [0.2, 0.25) is 0 Å². The lowest BCUT2D eigenvalue weighted by atomic mass is 9.91. The zero-order valence-corrected chi connectivity index (χ0v) is 41.8. The zero-order chi connectivity index (χ0) is 43.4. The fourth-order valence-electron chi connectivity index (χ4n) is 8.94. The van der Waals surface area contributed by atoms with Gasteiger partial charge >= 0.3 is 0 Å². The first-order valence-corrected chi connectivity index (χ1v) is 27.5. The SMILES string of the molecule is CCCCCCCCC(CCCCCCCC)OC.CCCCCCCCC(CCCCCCCC)OC(CCCCCN(CCO)CCCCCC=C1CCC1)=C1CC1. The van der Waals surface area contributed by atoms with Crippen LogP contribution in [0.5, 0.6) is 0 Å². The average molecular weight is 844 g/mol. The first kappa shape index (κ1) is 57.2. The van der Waals surface area contributed by atoms with Crippen LogP contribution in [0.15, 0.2) is 23.0 Å². The Labute approximate surface area is 377 Å². The topological polar surface area (TPSA) is 41.9 Å². The van der Waals surface area contributed by atoms with E-state index in [1.807, 2.05) is 7.11 Å². The van der Waals surface area contributed by atoms with Gasteiger partial charge in [0.25, 0.3) is 0 Å². The third-order valence-electron chi connectivity index (χ3n) is 13.5. The molecule has 2 saturated carbocycles. The fourth-order valence-corrected chi connectivity index (χ4v) is 8.94. The number of hydrogen-bond donors (Lipinski definition) is 1. The Balaban J connectivity index is 0.000000795. The van der Waals surface area contributed by atoms with E-state index in [-0.39, 0.29) is 6.61 Å². The molecule has 0 atom stereocenters. The van der Waals surface area contributed by atoms with E-state index in [1.54, 1.807) is 11.1 Å². The van der Waals surface area contributed by atoms with Crippen molar-refractivity contribution in [3.05, 3.63) is 23.0 Å². The molecule has 2 aliphatic rings. The molecule has 0 aromatic heterocycles. The molecule has 356 valence electrons. The number of ether oxygens (including phenoxy) is 2. The fraction of sp³-hybridized carbons (Fsp3) is 0.929. The molecular weight excluding hydrogens is 735 g/mol. The molecular formula is C56H109NO3. The van der Waals surface area contributed by atoms with Gasteiger partial charge < -0.3 is 19.5 Å². The van der Waals surface area contributed by atoms with E-state index >= 15 is 0 Å². The normalized spacial score (nSPS) is 13.6. The lowest BCUT2D eigenvalue weighted by Crippen LogP contribution is -2.29. The van der Waals surface area contributed by atoms with Gasteiger partial charge in [0.1, 0.15) is 0 Å². The van der Waals surface area contributed by atoms with Gasteiger partial charge in [0.2, 0.25) is 0 Å². The number of methoxy groups -OCH3 is 1. The summed E-state index contributed by atoms with van der Waals surface area (Å²) in [6, 6.07) is 0. The van der Waals surface area contributed by atoms with Crippen LogP contribution in [0, 0.1) is 0 Å². The number of aliphatic hydroxyl groups excluding tert-OH is 1. The molecule has 0 aromatic rings. The van der Waals surface area contributed by atoms with Gasteiger partial charge in [-0.25, -0.2) is 0 Å². The number of nitrogens with zero attached hydrogens (tertiary/aromatic N) is 1. The minimum atomic E-state index is 0.286. The van der Waals surface area contributed by atoms with Gasteiger partial charge in [-0.2, -0.15) is 0 Å². The van der Waals surface area contributed by atoms with Gasteiger partial charge in [-0.3, -0.25) is 0 Å². The van der Waals surface area contributed by atoms with E-state index < -0.39 is 0 Å². The van der Waals surface area contributed by atoms with Gasteiger partial charge in [0, 0.05) is 20.1 Å². The van der Waals surface area contributed by atoms with Gasteiger partial charge in [-0.15, -0.1) is 0 Å². The summed E-state index contributed by atoms with van der Waals surface area (Å²) >= 11 is 0. The highest BCUT2D eigenvalue weighted by Crippen LogP contribution is 2.36. The number of hydrogen-bond acceptors (Lipinski definition) is 4. The van der Waals surface area contributed by atoms with E-state index in [2.05, 4.69) is 38.7 Å². The summed E-state index contributed by atoms with van der Waals surface area (Å²) in [4.78, 5) is 2.50. The van der Waals surface area contributed by atoms with Crippen LogP contribution in [-0.2, 0) is 9.47 Å². The highest BCUT2D eigenvalue weighted by atomic mass is 16.5. The molecule has 4 nitrogen and oxygen atoms in total. The molecule has 0 bridgehead atoms. The predicted octanol–water partition coefficient (Wildman–Crippen LogP) is 17.9. The van der Waals surface area contributed by atoms with Crippen LogP contribution in [0.25, 0.3) is 0 Å². The van der Waals surface area contributed by atoms with Crippen LogP contribution >= 0.6 is 0 Å². The lowest BCUT2D eigenvalue weighted by Gasteiger charge is -2.23. The third-order valence-corrected chi connectivity index (χ3v) is 13.5. The monoisotopic (exact) mass is 844 g/mol. The van der Waals surface area contributed by atoms with Gasteiger partial charge in [0.15, 0.2) is 0 Å². The maximum absolute atomic E-state index is 9.56. The quantitative estimate of drug-likeness (QED) is 0.0377. The molecule has 2 fully saturated rings. The van der Waals surface area contributed by atoms with Crippen molar-refractivity contribution in [2.24, 2.45) is 0 Å². The summed E-state index contributed by atoms with van der Waals surface area (Å²) in [7, 11) is 1.89. The number of aliphatic hydroxyl groups is 1. The second-order valence-corrected chi connectivity index (χ2v) is 19.3. The molecule has 0 amide bonds. The molecule has 0 radical (unpaired) electrons. The van der Waals surface area contributed by atoms with Gasteiger partial charge in [0.05, 0.1) is 24.6 Å². The van der Waals surface area contributed by atoms with Gasteiger partial charge in [-0.1, -0.05) is 193 Å². The van der Waals surface area contributed by atoms with Gasteiger partial charge in [-0.05, 0) is 121 Å². The molecule has 0 spiro atoms. The van der Waals surface area contributed by atoms with Crippen molar-refractivity contribution in [1.29, 1.82) is 0 Å². The van der Waals surface area contributed by atoms with Crippen molar-refractivity contribution in [2.75, 3.05) is 33.4 Å². The Morgan fingerprint density at radius 2 is 0.917 bits per heavy atom. The Hall–Kier alpha value is -0.840. The van der Waals surface area contributed by atoms with Crippen molar-refractivity contribution in [3.63, 3.8) is 0 Å². The predicted molar refractivity (Wildman–Crippen MR) is 266 cm³/mol. The van der Waals surface area contributed by atoms with E-state index in [0.29, 0.717) is 12.2 Å². The maximum Gasteiger partial charge on any atom is 0.0982 e. The summed E-state index contributed by atoms with van der Waals surface area (Å²) in [5, 5.41) is 9.56. The van der Waals surface area contributed by atoms with Crippen molar-refractivity contribution < 1.29 is 14.6 Å². The Kier molecular flexibility index (Phi) is 42.6. The largest absolute Gasteiger partial charge is 0.495 e. The molecule has 0 unspecified atom stereocenters. The van der Waals surface area contributed by atoms with E-state index in [0.717, 1.165) is 26.1 Å². The highest BCUT2D eigenvalue weighted by Gasteiger charge is 2.22. The van der Waals surface area contributed by atoms with Crippen LogP contribution < -0.4 is 0 Å². The minimum Gasteiger partial charge on any atom is -0.495 e. The smallest absolute Gasteiger partial charge is 0.0982 e. The second kappa shape index (κ2) is 44.8. The molecule has 60 heavy (non-hydrogen) atoms. The lowest BCUT2D eigenvalue weighted by molar-refractivity contribution is 0.0831. The van der Waals surface area contributed by atoms with Crippen LogP contribution in [0.3, 0.4) is 0 Å². The summed E-state index contributed by atoms with van der Waals surface area (Å²) in [5.74, 6) is 1.39. The molecule has 0 aromatic carbocycles. The molecule has 2 rings (SSSR count). The summed E-state index contributed by atoms with van der Waals surface area (Å²) in [5.41, 5.74) is 3.32. The first-order valence-electron chi connectivity index (χ1n) is 27.5. The first-order chi connectivity index (χ1) is 29.6. The van der Waals surface area contributed by atoms with Crippen molar-refractivity contribution >= 4 is 0 Å². The average Bonchev–Trinajstić information content (AvgIpc) is 4.09. The molecule has 1 N–H and O–H groups in total. The third kappa shape index (κ3) is 36.6. The van der Waals surface area contributed by atoms with E-state index in [1.165, 1.54) is 263 Å². The Morgan fingerprint density at radius 3 is 1.32 bits per heavy atom. The van der Waals surface area contributed by atoms with Crippen LogP contribution in [-0.4, -0.2) is 55.6 Å². The van der Waals surface area contributed by atoms with Crippen molar-refractivity contribution in [1.82, 2.24) is 4.90 Å². The highest BCUT2D eigenvalue weighted by molar-refractivity contribution is 5.21. The Bertz CT molecular complexity index is 901. The maximum atomic E-state index is 9.56. The standard InChI is InChI=1S/C38H71NO2.C18H38O/c1-3-5-7-9-11-17-26-37(27-18-12-10-8-6-4-2)41-38(36-29-30-36)28-19-15-21-32-39(33-34-40)31-20-14-13-16-23-35-24-22-25-35;1-4-6-8-10-12-14-16-18(19-3)17-15-13-11-9-7-5-2/h23,37,40H,3-22,24-34H2,1-2H3;18H,4-17H2,1-3H3. The summed E-state index contributed by atoms with van der Waals surface area (Å²) in [6.07, 6.45) is 58.5.